The number of hydrogen-bond acceptors (Lipinski definition) is 4. The molecule has 1 rings (SSSR count). The number of ether oxygens (including phenoxy) is 1. The van der Waals surface area contributed by atoms with Gasteiger partial charge in [0.1, 0.15) is 0 Å². The summed E-state index contributed by atoms with van der Waals surface area (Å²) in [4.78, 5) is 11.3. The molecule has 0 heterocycles. The molecule has 16 heavy (non-hydrogen) atoms. The summed E-state index contributed by atoms with van der Waals surface area (Å²) in [5.74, 6) is -0.569. The topological polar surface area (TPSA) is 60.4 Å². The lowest BCUT2D eigenvalue weighted by Gasteiger charge is -2.04. The zero-order chi connectivity index (χ0) is 12.3. The molecule has 1 aromatic rings. The molecular weight excluding hydrogens is 367 g/mol. The second-order valence-electron chi connectivity index (χ2n) is 2.80. The molecule has 0 radical (unpaired) electrons. The lowest BCUT2D eigenvalue weighted by atomic mass is 10.2. The Morgan fingerprint density at radius 1 is 1.50 bits per heavy atom. The molecule has 0 saturated carbocycles. The van der Waals surface area contributed by atoms with Crippen LogP contribution in [0.15, 0.2) is 23.1 Å². The third kappa shape index (κ3) is 3.33. The zero-order valence-corrected chi connectivity index (χ0v) is 12.0. The van der Waals surface area contributed by atoms with Crippen LogP contribution in [0.4, 0.5) is 0 Å². The first kappa shape index (κ1) is 13.7. The molecule has 0 bridgehead atoms. The highest BCUT2D eigenvalue weighted by atomic mass is 127. The minimum atomic E-state index is -3.85. The first-order valence-corrected chi connectivity index (χ1v) is 7.66. The summed E-state index contributed by atoms with van der Waals surface area (Å²) in [7, 11) is 1.39. The second-order valence-corrected chi connectivity index (χ2v) is 6.50. The first-order valence-electron chi connectivity index (χ1n) is 4.27. The van der Waals surface area contributed by atoms with E-state index in [4.69, 9.17) is 15.4 Å². The van der Waals surface area contributed by atoms with Gasteiger partial charge < -0.3 is 4.74 Å². The van der Waals surface area contributed by atoms with Crippen molar-refractivity contribution >= 4 is 48.3 Å². The molecule has 0 amide bonds. The summed E-state index contributed by atoms with van der Waals surface area (Å²) in [6.45, 7) is 1.90. The van der Waals surface area contributed by atoms with Gasteiger partial charge in [0.25, 0.3) is 9.05 Å². The van der Waals surface area contributed by atoms with Gasteiger partial charge in [0.05, 0.1) is 17.1 Å². The van der Waals surface area contributed by atoms with E-state index in [1.54, 1.807) is 6.92 Å². The van der Waals surface area contributed by atoms with Crippen LogP contribution in [-0.4, -0.2) is 21.0 Å². The number of carbonyl (C=O) groups excluding carboxylic acids is 1. The van der Waals surface area contributed by atoms with Crippen molar-refractivity contribution in [3.63, 3.8) is 0 Å². The molecule has 0 aromatic heterocycles. The predicted octanol–water partition coefficient (Wildman–Crippen LogP) is 2.40. The Balaban J connectivity index is 3.23. The van der Waals surface area contributed by atoms with E-state index in [1.165, 1.54) is 18.2 Å². The number of halogens is 2. The minimum absolute atomic E-state index is 0.0830. The standard InChI is InChI=1S/C9H8ClIO4S/c1-2-15-9(12)6-3-4-7(11)8(5-6)16(10,13)14/h3-5H,2H2,1H3. The van der Waals surface area contributed by atoms with Gasteiger partial charge in [0.2, 0.25) is 0 Å². The van der Waals surface area contributed by atoms with Crippen molar-refractivity contribution < 1.29 is 17.9 Å². The molecule has 0 N–H and O–H groups in total. The fourth-order valence-electron chi connectivity index (χ4n) is 1.03. The van der Waals surface area contributed by atoms with E-state index >= 15 is 0 Å². The Bertz CT molecular complexity index is 512. The molecule has 4 nitrogen and oxygen atoms in total. The van der Waals surface area contributed by atoms with Crippen LogP contribution in [0, 0.1) is 3.57 Å². The van der Waals surface area contributed by atoms with Crippen molar-refractivity contribution in [3.05, 3.63) is 27.3 Å². The Morgan fingerprint density at radius 2 is 2.12 bits per heavy atom. The molecule has 0 unspecified atom stereocenters. The van der Waals surface area contributed by atoms with Crippen molar-refractivity contribution in [1.29, 1.82) is 0 Å². The molecule has 7 heteroatoms. The smallest absolute Gasteiger partial charge is 0.338 e. The summed E-state index contributed by atoms with van der Waals surface area (Å²) in [5, 5.41) is 0. The molecule has 0 aliphatic rings. The van der Waals surface area contributed by atoms with Crippen LogP contribution in [0.25, 0.3) is 0 Å². The summed E-state index contributed by atoms with van der Waals surface area (Å²) < 4.78 is 27.6. The molecule has 0 spiro atoms. The van der Waals surface area contributed by atoms with Crippen molar-refractivity contribution in [2.75, 3.05) is 6.61 Å². The third-order valence-corrected chi connectivity index (χ3v) is 4.37. The second kappa shape index (κ2) is 5.33. The van der Waals surface area contributed by atoms with Gasteiger partial charge in [0, 0.05) is 14.3 Å². The van der Waals surface area contributed by atoms with Crippen LogP contribution in [-0.2, 0) is 13.8 Å². The van der Waals surface area contributed by atoms with Gasteiger partial charge in [-0.1, -0.05) is 0 Å². The van der Waals surface area contributed by atoms with Crippen LogP contribution in [0.5, 0.6) is 0 Å². The van der Waals surface area contributed by atoms with Crippen LogP contribution in [0.3, 0.4) is 0 Å². The van der Waals surface area contributed by atoms with E-state index in [-0.39, 0.29) is 17.1 Å². The number of hydrogen-bond donors (Lipinski definition) is 0. The molecular formula is C9H8ClIO4S. The number of carbonyl (C=O) groups is 1. The molecule has 0 saturated heterocycles. The van der Waals surface area contributed by atoms with E-state index < -0.39 is 15.0 Å². The van der Waals surface area contributed by atoms with Gasteiger partial charge in [-0.15, -0.1) is 0 Å². The molecule has 0 atom stereocenters. The maximum atomic E-state index is 11.4. The lowest BCUT2D eigenvalue weighted by molar-refractivity contribution is 0.0526. The Morgan fingerprint density at radius 3 is 2.62 bits per heavy atom. The van der Waals surface area contributed by atoms with Crippen LogP contribution in [0.1, 0.15) is 17.3 Å². The molecule has 88 valence electrons. The van der Waals surface area contributed by atoms with Gasteiger partial charge in [-0.3, -0.25) is 0 Å². The van der Waals surface area contributed by atoms with Gasteiger partial charge in [-0.05, 0) is 47.7 Å². The van der Waals surface area contributed by atoms with Gasteiger partial charge in [-0.2, -0.15) is 0 Å². The van der Waals surface area contributed by atoms with Crippen molar-refractivity contribution in [3.8, 4) is 0 Å². The van der Waals surface area contributed by atoms with Crippen LogP contribution >= 0.6 is 33.3 Å². The maximum Gasteiger partial charge on any atom is 0.338 e. The Kier molecular flexibility index (Phi) is 4.57. The number of esters is 1. The van der Waals surface area contributed by atoms with Gasteiger partial charge in [0.15, 0.2) is 0 Å². The van der Waals surface area contributed by atoms with E-state index in [0.29, 0.717) is 3.57 Å². The fourth-order valence-corrected chi connectivity index (χ4v) is 3.58. The van der Waals surface area contributed by atoms with E-state index in [9.17, 15) is 13.2 Å². The molecule has 0 aliphatic heterocycles. The highest BCUT2D eigenvalue weighted by molar-refractivity contribution is 14.1. The first-order chi connectivity index (χ1) is 7.36. The maximum absolute atomic E-state index is 11.4. The average Bonchev–Trinajstić information content (AvgIpc) is 2.16. The highest BCUT2D eigenvalue weighted by Gasteiger charge is 2.17. The van der Waals surface area contributed by atoms with Gasteiger partial charge in [-0.25, -0.2) is 13.2 Å². The SMILES string of the molecule is CCOC(=O)c1ccc(I)c(S(=O)(=O)Cl)c1. The van der Waals surface area contributed by atoms with E-state index in [2.05, 4.69) is 0 Å². The minimum Gasteiger partial charge on any atom is -0.462 e. The van der Waals surface area contributed by atoms with E-state index in [0.717, 1.165) is 0 Å². The fraction of sp³-hybridized carbons (Fsp3) is 0.222. The van der Waals surface area contributed by atoms with E-state index in [1.807, 2.05) is 22.6 Å². The summed E-state index contributed by atoms with van der Waals surface area (Å²) >= 11 is 1.83. The summed E-state index contributed by atoms with van der Waals surface area (Å²) in [5.41, 5.74) is 0.168. The van der Waals surface area contributed by atoms with Gasteiger partial charge >= 0.3 is 5.97 Å². The molecule has 0 aliphatic carbocycles. The lowest BCUT2D eigenvalue weighted by Crippen LogP contribution is -2.06. The Labute approximate surface area is 111 Å². The third-order valence-electron chi connectivity index (χ3n) is 1.71. The molecule has 1 aromatic carbocycles. The Hall–Kier alpha value is -0.340. The molecule has 0 fully saturated rings. The quantitative estimate of drug-likeness (QED) is 0.463. The summed E-state index contributed by atoms with van der Waals surface area (Å²) in [6.07, 6.45) is 0. The highest BCUT2D eigenvalue weighted by Crippen LogP contribution is 2.23. The average molecular weight is 375 g/mol. The normalized spacial score (nSPS) is 11.2. The number of benzene rings is 1. The van der Waals surface area contributed by atoms with Crippen LogP contribution in [0.2, 0.25) is 0 Å². The van der Waals surface area contributed by atoms with Crippen molar-refractivity contribution in [1.82, 2.24) is 0 Å². The van der Waals surface area contributed by atoms with Crippen LogP contribution < -0.4 is 0 Å². The zero-order valence-electron chi connectivity index (χ0n) is 8.24. The monoisotopic (exact) mass is 374 g/mol. The number of rotatable bonds is 3. The van der Waals surface area contributed by atoms with Crippen molar-refractivity contribution in [2.45, 2.75) is 11.8 Å². The summed E-state index contributed by atoms with van der Waals surface area (Å²) in [6, 6.07) is 4.20. The predicted molar refractivity (Wildman–Crippen MR) is 68.2 cm³/mol. The van der Waals surface area contributed by atoms with Crippen molar-refractivity contribution in [2.24, 2.45) is 0 Å². The largest absolute Gasteiger partial charge is 0.462 e.